The summed E-state index contributed by atoms with van der Waals surface area (Å²) in [6.07, 6.45) is 5.83. The molecular weight excluding hydrogens is 669 g/mol. The Kier molecular flexibility index (Phi) is 33.4. The minimum atomic E-state index is -0.735. The van der Waals surface area contributed by atoms with Crippen LogP contribution >= 0.6 is 15.9 Å². The van der Waals surface area contributed by atoms with E-state index in [0.29, 0.717) is 6.42 Å². The third-order valence-electron chi connectivity index (χ3n) is 5.14. The molecule has 1 unspecified atom stereocenters. The number of hydrogen-bond donors (Lipinski definition) is 1. The standard InChI is InChI=1S/C11H15NO.C7H7Br.C7H13NO.C4H8O.Cs.2H2O/c1-9(13)11(2,12)8-10-6-4-3-5-7-10;8-6-7-4-2-1-3-5-7;1-4-5-8-6(2)7(3)9;1-2-4-5-3-1;;;/h3-7H,8,12H2,1-2H3;1-5H,6H2;5-6H,4H2,1-3H3;1-4H2;;2*1H2/q;;;;+1;;/p-1/t11-;;;;;;/m1....../s1. The zero-order valence-electron chi connectivity index (χ0n) is 24.0. The number of nitrogens with zero attached hydrogens (tertiary/aromatic N) is 1. The summed E-state index contributed by atoms with van der Waals surface area (Å²) in [6, 6.07) is 19.9. The van der Waals surface area contributed by atoms with Crippen LogP contribution in [0.3, 0.4) is 0 Å². The Morgan fingerprint density at radius 3 is 1.76 bits per heavy atom. The zero-order valence-corrected chi connectivity index (χ0v) is 31.8. The molecule has 0 saturated carbocycles. The van der Waals surface area contributed by atoms with E-state index in [1.807, 2.05) is 55.5 Å². The monoisotopic (exact) mass is 714 g/mol. The predicted molar refractivity (Wildman–Crippen MR) is 157 cm³/mol. The minimum Gasteiger partial charge on any atom is -0.870 e. The molecule has 0 aliphatic carbocycles. The fourth-order valence-electron chi connectivity index (χ4n) is 2.59. The molecule has 210 valence electrons. The van der Waals surface area contributed by atoms with Gasteiger partial charge in [0.1, 0.15) is 11.8 Å². The van der Waals surface area contributed by atoms with Gasteiger partial charge in [-0.2, -0.15) is 0 Å². The number of carbonyl (C=O) groups excluding carboxylic acids is 2. The van der Waals surface area contributed by atoms with Crippen LogP contribution in [0, 0.1) is 0 Å². The summed E-state index contributed by atoms with van der Waals surface area (Å²) in [5.41, 5.74) is 7.53. The Morgan fingerprint density at radius 2 is 1.47 bits per heavy atom. The molecule has 2 aromatic carbocycles. The maximum absolute atomic E-state index is 11.1. The Balaban J connectivity index is -0.000000206. The van der Waals surface area contributed by atoms with Crippen molar-refractivity contribution < 1.29 is 94.2 Å². The number of hydrogen-bond acceptors (Lipinski definition) is 6. The molecule has 1 fully saturated rings. The van der Waals surface area contributed by atoms with Crippen LogP contribution in [-0.2, 0) is 26.1 Å². The summed E-state index contributed by atoms with van der Waals surface area (Å²) in [4.78, 5) is 25.6. The van der Waals surface area contributed by atoms with E-state index < -0.39 is 5.54 Å². The fourth-order valence-corrected chi connectivity index (χ4v) is 2.96. The first kappa shape index (κ1) is 44.8. The van der Waals surface area contributed by atoms with Crippen molar-refractivity contribution in [3.05, 3.63) is 71.8 Å². The average Bonchev–Trinajstić information content (AvgIpc) is 3.44. The van der Waals surface area contributed by atoms with Gasteiger partial charge in [0.2, 0.25) is 0 Å². The molecule has 3 rings (SSSR count). The molecule has 0 radical (unpaired) electrons. The molecule has 7 nitrogen and oxygen atoms in total. The molecule has 0 amide bonds. The van der Waals surface area contributed by atoms with E-state index >= 15 is 0 Å². The van der Waals surface area contributed by atoms with E-state index in [9.17, 15) is 9.59 Å². The normalized spacial score (nSPS) is 13.6. The molecule has 0 spiro atoms. The minimum absolute atomic E-state index is 0. The van der Waals surface area contributed by atoms with Crippen LogP contribution in [0.25, 0.3) is 0 Å². The summed E-state index contributed by atoms with van der Waals surface area (Å²) in [7, 11) is 0. The number of ether oxygens (including phenoxy) is 1. The Labute approximate surface area is 297 Å². The molecule has 2 atom stereocenters. The van der Waals surface area contributed by atoms with Gasteiger partial charge in [0.05, 0.1) is 5.54 Å². The molecule has 0 bridgehead atoms. The summed E-state index contributed by atoms with van der Waals surface area (Å²) in [5.74, 6) is 0.149. The Hall–Kier alpha value is -0.178. The summed E-state index contributed by atoms with van der Waals surface area (Å²) in [5, 5.41) is 0.952. The number of rotatable bonds is 7. The molecular formula is C29H46BrCsN2O5. The van der Waals surface area contributed by atoms with Crippen LogP contribution < -0.4 is 74.6 Å². The van der Waals surface area contributed by atoms with Gasteiger partial charge in [-0.1, -0.05) is 83.5 Å². The Bertz CT molecular complexity index is 841. The first-order valence-corrected chi connectivity index (χ1v) is 13.3. The van der Waals surface area contributed by atoms with Crippen LogP contribution in [0.2, 0.25) is 0 Å². The van der Waals surface area contributed by atoms with Crippen molar-refractivity contribution in [3.8, 4) is 0 Å². The second-order valence-electron chi connectivity index (χ2n) is 8.60. The third-order valence-corrected chi connectivity index (χ3v) is 5.79. The number of nitrogens with two attached hydrogens (primary N) is 1. The van der Waals surface area contributed by atoms with E-state index in [2.05, 4.69) is 33.1 Å². The number of carbonyl (C=O) groups is 2. The van der Waals surface area contributed by atoms with Crippen LogP contribution in [-0.4, -0.2) is 53.5 Å². The number of benzene rings is 2. The Morgan fingerprint density at radius 1 is 1.03 bits per heavy atom. The van der Waals surface area contributed by atoms with Crippen molar-refractivity contribution in [2.45, 2.75) is 77.2 Å². The molecule has 1 aliphatic heterocycles. The fraction of sp³-hybridized carbons (Fsp3) is 0.483. The summed E-state index contributed by atoms with van der Waals surface area (Å²) in [6.45, 7) is 10.6. The van der Waals surface area contributed by atoms with Crippen LogP contribution in [0.15, 0.2) is 65.7 Å². The van der Waals surface area contributed by atoms with Crippen LogP contribution in [0.1, 0.15) is 65.0 Å². The van der Waals surface area contributed by atoms with E-state index in [4.69, 9.17) is 10.5 Å². The number of ketones is 2. The zero-order chi connectivity index (χ0) is 26.5. The van der Waals surface area contributed by atoms with Gasteiger partial charge in [-0.25, -0.2) is 0 Å². The molecule has 1 aliphatic rings. The van der Waals surface area contributed by atoms with Gasteiger partial charge in [0, 0.05) is 18.5 Å². The quantitative estimate of drug-likeness (QED) is 0.346. The van der Waals surface area contributed by atoms with Gasteiger partial charge < -0.3 is 21.4 Å². The smallest absolute Gasteiger partial charge is 0.870 e. The number of halogens is 1. The topological polar surface area (TPSA) is 143 Å². The van der Waals surface area contributed by atoms with Crippen molar-refractivity contribution in [1.29, 1.82) is 0 Å². The average molecular weight is 716 g/mol. The second-order valence-corrected chi connectivity index (χ2v) is 9.16. The van der Waals surface area contributed by atoms with E-state index in [1.54, 1.807) is 27.0 Å². The molecule has 2 aromatic rings. The van der Waals surface area contributed by atoms with Crippen molar-refractivity contribution in [3.63, 3.8) is 0 Å². The van der Waals surface area contributed by atoms with Gasteiger partial charge in [-0.05, 0) is 70.7 Å². The SMILES string of the molecule is BrCc1ccccc1.C1CCOC1.CC(=O)[C@](C)(N)Cc1ccccc1.CCC=NC(C)C(C)=O.O.[Cs+].[OH-]. The molecule has 9 heteroatoms. The van der Waals surface area contributed by atoms with Gasteiger partial charge >= 0.3 is 68.9 Å². The predicted octanol–water partition coefficient (Wildman–Crippen LogP) is 2.36. The first-order valence-electron chi connectivity index (χ1n) is 12.2. The summed E-state index contributed by atoms with van der Waals surface area (Å²) >= 11 is 3.36. The van der Waals surface area contributed by atoms with Gasteiger partial charge in [-0.15, -0.1) is 0 Å². The van der Waals surface area contributed by atoms with E-state index in [1.165, 1.54) is 25.3 Å². The van der Waals surface area contributed by atoms with Gasteiger partial charge in [0.25, 0.3) is 0 Å². The largest absolute Gasteiger partial charge is 1.00 e. The maximum atomic E-state index is 11.1. The van der Waals surface area contributed by atoms with Crippen molar-refractivity contribution in [2.24, 2.45) is 10.7 Å². The summed E-state index contributed by atoms with van der Waals surface area (Å²) < 4.78 is 4.94. The number of alkyl halides is 1. The first-order chi connectivity index (χ1) is 16.6. The number of aliphatic imine (C=N–C) groups is 1. The maximum Gasteiger partial charge on any atom is 1.00 e. The van der Waals surface area contributed by atoms with Crippen LogP contribution in [0.5, 0.6) is 0 Å². The van der Waals surface area contributed by atoms with E-state index in [-0.39, 0.29) is 97.5 Å². The molecule has 5 N–H and O–H groups in total. The number of Topliss-reactive ketones (excluding diaryl/α,β-unsaturated/α-hetero) is 2. The third kappa shape index (κ3) is 24.8. The second kappa shape index (κ2) is 28.4. The van der Waals surface area contributed by atoms with Crippen molar-refractivity contribution in [2.75, 3.05) is 13.2 Å². The molecule has 0 aromatic heterocycles. The van der Waals surface area contributed by atoms with Gasteiger partial charge in [-0.3, -0.25) is 14.6 Å². The van der Waals surface area contributed by atoms with Gasteiger partial charge in [0.15, 0.2) is 5.78 Å². The molecule has 38 heavy (non-hydrogen) atoms. The van der Waals surface area contributed by atoms with Crippen molar-refractivity contribution in [1.82, 2.24) is 0 Å². The molecule has 1 heterocycles. The van der Waals surface area contributed by atoms with E-state index in [0.717, 1.165) is 30.5 Å². The van der Waals surface area contributed by atoms with Crippen molar-refractivity contribution >= 4 is 33.7 Å². The van der Waals surface area contributed by atoms with Crippen LogP contribution in [0.4, 0.5) is 0 Å². The molecule has 1 saturated heterocycles.